The van der Waals surface area contributed by atoms with E-state index in [0.717, 1.165) is 19.4 Å². The summed E-state index contributed by atoms with van der Waals surface area (Å²) >= 11 is 0. The molecule has 1 aromatic carbocycles. The molecule has 0 aliphatic carbocycles. The monoisotopic (exact) mass is 340 g/mol. The molecule has 1 heterocycles. The Labute approximate surface area is 143 Å². The Morgan fingerprint density at radius 2 is 1.83 bits per heavy atom. The second-order valence-corrected chi connectivity index (χ2v) is 5.17. The molecule has 2 N–H and O–H groups in total. The first-order valence-corrected chi connectivity index (χ1v) is 7.62. The molecule has 136 valence electrons. The molecule has 1 saturated heterocycles. The van der Waals surface area contributed by atoms with Crippen LogP contribution in [0.4, 0.5) is 5.69 Å². The summed E-state index contributed by atoms with van der Waals surface area (Å²) in [5, 5.41) is 16.8. The van der Waals surface area contributed by atoms with Gasteiger partial charge in [0.25, 0.3) is 6.47 Å². The normalized spacial score (nSPS) is 16.0. The largest absolute Gasteiger partial charge is 0.483 e. The number of carbonyl (C=O) groups is 2. The number of nitrogens with zero attached hydrogens (tertiary/aromatic N) is 2. The molecule has 1 aromatic rings. The van der Waals surface area contributed by atoms with E-state index in [1.807, 2.05) is 18.9 Å². The predicted molar refractivity (Wildman–Crippen MR) is 94.4 cm³/mol. The average Bonchev–Trinajstić information content (AvgIpc) is 2.64. The van der Waals surface area contributed by atoms with Crippen molar-refractivity contribution in [3.8, 4) is 0 Å². The summed E-state index contributed by atoms with van der Waals surface area (Å²) < 4.78 is 0. The molecule has 7 nitrogen and oxygen atoms in total. The van der Waals surface area contributed by atoms with Crippen LogP contribution >= 0.6 is 0 Å². The standard InChI is InChI=1S/C14H20N2O.CH2O2.CH4O.CH2O/c1-16-10-2-3-13(11-16)5-4-12-6-8-14(15-17)9-7-12;2-1-3;2*1-2/h6-9,13H,2-5,10-11H2,1H3;1H,(H,2,3);2H,1H3;1H2. The van der Waals surface area contributed by atoms with Gasteiger partial charge in [-0.2, -0.15) is 0 Å². The van der Waals surface area contributed by atoms with Crippen LogP contribution < -0.4 is 0 Å². The second kappa shape index (κ2) is 17.2. The second-order valence-electron chi connectivity index (χ2n) is 5.17. The van der Waals surface area contributed by atoms with Crippen molar-refractivity contribution in [1.29, 1.82) is 0 Å². The molecule has 1 aliphatic rings. The van der Waals surface area contributed by atoms with E-state index in [2.05, 4.69) is 17.1 Å². The van der Waals surface area contributed by atoms with E-state index < -0.39 is 0 Å². The van der Waals surface area contributed by atoms with E-state index in [-0.39, 0.29) is 6.47 Å². The summed E-state index contributed by atoms with van der Waals surface area (Å²) in [5.41, 5.74) is 1.83. The number of nitroso groups, excluding NO2 is 1. The maximum absolute atomic E-state index is 10.3. The molecular weight excluding hydrogens is 312 g/mol. The van der Waals surface area contributed by atoms with Gasteiger partial charge >= 0.3 is 0 Å². The number of rotatable bonds is 4. The van der Waals surface area contributed by atoms with Crippen LogP contribution in [0.3, 0.4) is 0 Å². The molecule has 0 bridgehead atoms. The third kappa shape index (κ3) is 11.4. The Morgan fingerprint density at radius 1 is 1.29 bits per heavy atom. The first kappa shape index (κ1) is 24.1. The van der Waals surface area contributed by atoms with Crippen LogP contribution in [0, 0.1) is 10.8 Å². The highest BCUT2D eigenvalue weighted by Crippen LogP contribution is 2.21. The van der Waals surface area contributed by atoms with Crippen LogP contribution in [-0.2, 0) is 16.0 Å². The van der Waals surface area contributed by atoms with Crippen molar-refractivity contribution in [2.24, 2.45) is 11.1 Å². The quantitative estimate of drug-likeness (QED) is 0.644. The topological polar surface area (TPSA) is 107 Å². The van der Waals surface area contributed by atoms with Gasteiger partial charge in [0.05, 0.1) is 0 Å². The van der Waals surface area contributed by atoms with Crippen molar-refractivity contribution < 1.29 is 19.8 Å². The van der Waals surface area contributed by atoms with E-state index in [9.17, 15) is 4.91 Å². The smallest absolute Gasteiger partial charge is 0.290 e. The van der Waals surface area contributed by atoms with Crippen LogP contribution in [0.25, 0.3) is 0 Å². The Kier molecular flexibility index (Phi) is 17.3. The fourth-order valence-corrected chi connectivity index (χ4v) is 2.60. The fraction of sp³-hybridized carbons (Fsp3) is 0.529. The molecule has 1 unspecified atom stereocenters. The number of aryl methyl sites for hydroxylation is 1. The van der Waals surface area contributed by atoms with Crippen molar-refractivity contribution in [1.82, 2.24) is 4.90 Å². The van der Waals surface area contributed by atoms with Crippen molar-refractivity contribution in [3.05, 3.63) is 34.7 Å². The van der Waals surface area contributed by atoms with Gasteiger partial charge in [0.2, 0.25) is 0 Å². The Bertz CT molecular complexity index is 425. The summed E-state index contributed by atoms with van der Waals surface area (Å²) in [6.45, 7) is 4.23. The number of likely N-dealkylation sites (tertiary alicyclic amines) is 1. The number of aliphatic hydroxyl groups is 1. The number of hydrogen-bond donors (Lipinski definition) is 2. The molecule has 2 rings (SSSR count). The number of hydrogen-bond acceptors (Lipinski definition) is 6. The minimum absolute atomic E-state index is 0.250. The number of carboxylic acid groups (broad SMARTS) is 1. The van der Waals surface area contributed by atoms with Crippen LogP contribution in [-0.4, -0.2) is 55.6 Å². The minimum Gasteiger partial charge on any atom is -0.483 e. The van der Waals surface area contributed by atoms with Crippen molar-refractivity contribution in [3.63, 3.8) is 0 Å². The molecule has 1 aliphatic heterocycles. The average molecular weight is 340 g/mol. The number of aliphatic hydroxyl groups excluding tert-OH is 1. The number of benzene rings is 1. The first-order valence-electron chi connectivity index (χ1n) is 7.62. The Morgan fingerprint density at radius 3 is 2.29 bits per heavy atom. The van der Waals surface area contributed by atoms with Gasteiger partial charge in [0, 0.05) is 13.7 Å². The van der Waals surface area contributed by atoms with Gasteiger partial charge in [-0.25, -0.2) is 0 Å². The van der Waals surface area contributed by atoms with Crippen LogP contribution in [0.5, 0.6) is 0 Å². The van der Waals surface area contributed by atoms with Crippen LogP contribution in [0.2, 0.25) is 0 Å². The van der Waals surface area contributed by atoms with Crippen molar-refractivity contribution >= 4 is 18.9 Å². The molecule has 7 heteroatoms. The van der Waals surface area contributed by atoms with E-state index in [1.165, 1.54) is 37.9 Å². The summed E-state index contributed by atoms with van der Waals surface area (Å²) in [5.74, 6) is 0.831. The zero-order chi connectivity index (χ0) is 18.8. The molecule has 0 aromatic heterocycles. The first-order chi connectivity index (χ1) is 11.7. The lowest BCUT2D eigenvalue weighted by Gasteiger charge is -2.29. The predicted octanol–water partition coefficient (Wildman–Crippen LogP) is 2.48. The van der Waals surface area contributed by atoms with E-state index >= 15 is 0 Å². The molecule has 0 spiro atoms. The molecule has 0 amide bonds. The van der Waals surface area contributed by atoms with Crippen molar-refractivity contribution in [2.45, 2.75) is 25.7 Å². The third-order valence-electron chi connectivity index (χ3n) is 3.61. The van der Waals surface area contributed by atoms with Gasteiger partial charge in [-0.1, -0.05) is 12.1 Å². The van der Waals surface area contributed by atoms with Gasteiger partial charge in [0.15, 0.2) is 0 Å². The third-order valence-corrected chi connectivity index (χ3v) is 3.61. The lowest BCUT2D eigenvalue weighted by Crippen LogP contribution is -2.32. The maximum Gasteiger partial charge on any atom is 0.290 e. The minimum atomic E-state index is -0.250. The van der Waals surface area contributed by atoms with Gasteiger partial charge < -0.3 is 19.9 Å². The van der Waals surface area contributed by atoms with Crippen LogP contribution in [0.1, 0.15) is 24.8 Å². The summed E-state index contributed by atoms with van der Waals surface area (Å²) in [6, 6.07) is 7.64. The lowest BCUT2D eigenvalue weighted by molar-refractivity contribution is -0.122. The molecular formula is C17H28N2O5. The zero-order valence-electron chi connectivity index (χ0n) is 14.4. The molecule has 0 saturated carbocycles. The number of carbonyl (C=O) groups excluding carboxylic acids is 1. The Hall–Kier alpha value is -2.12. The van der Waals surface area contributed by atoms with Gasteiger partial charge in [-0.15, -0.1) is 4.91 Å². The van der Waals surface area contributed by atoms with Gasteiger partial charge in [-0.05, 0) is 68.1 Å². The highest BCUT2D eigenvalue weighted by molar-refractivity contribution is 5.38. The molecule has 1 fully saturated rings. The van der Waals surface area contributed by atoms with E-state index in [1.54, 1.807) is 12.1 Å². The molecule has 1 atom stereocenters. The van der Waals surface area contributed by atoms with Gasteiger partial charge in [-0.3, -0.25) is 4.79 Å². The fourth-order valence-electron chi connectivity index (χ4n) is 2.60. The summed E-state index contributed by atoms with van der Waals surface area (Å²) in [7, 11) is 3.21. The van der Waals surface area contributed by atoms with Gasteiger partial charge in [0.1, 0.15) is 12.5 Å². The molecule has 24 heavy (non-hydrogen) atoms. The van der Waals surface area contributed by atoms with E-state index in [0.29, 0.717) is 5.69 Å². The molecule has 0 radical (unpaired) electrons. The SMILES string of the molecule is C=O.CN1CCCC(CCc2ccc(N=O)cc2)C1.CO.O=CO. The number of piperidine rings is 1. The van der Waals surface area contributed by atoms with E-state index in [4.69, 9.17) is 19.8 Å². The Balaban J connectivity index is 0. The highest BCUT2D eigenvalue weighted by Gasteiger charge is 2.16. The summed E-state index contributed by atoms with van der Waals surface area (Å²) in [4.78, 5) is 29.1. The lowest BCUT2D eigenvalue weighted by atomic mass is 9.92. The van der Waals surface area contributed by atoms with Crippen molar-refractivity contribution in [2.75, 3.05) is 27.2 Å². The highest BCUT2D eigenvalue weighted by atomic mass is 16.3. The zero-order valence-corrected chi connectivity index (χ0v) is 14.4. The maximum atomic E-state index is 10.3. The summed E-state index contributed by atoms with van der Waals surface area (Å²) in [6.07, 6.45) is 5.04. The van der Waals surface area contributed by atoms with Crippen LogP contribution in [0.15, 0.2) is 29.4 Å².